The minimum Gasteiger partial charge on any atom is -0.459 e. The van der Waals surface area contributed by atoms with Crippen LogP contribution in [0, 0.1) is 0 Å². The Morgan fingerprint density at radius 3 is 2.96 bits per heavy atom. The van der Waals surface area contributed by atoms with E-state index in [1.165, 1.54) is 6.26 Å². The molecule has 3 heterocycles. The van der Waals surface area contributed by atoms with Gasteiger partial charge in [0.25, 0.3) is 5.89 Å². The van der Waals surface area contributed by atoms with Crippen molar-refractivity contribution in [2.75, 3.05) is 6.79 Å². The average molecular weight is 316 g/mol. The van der Waals surface area contributed by atoms with Crippen LogP contribution in [0.4, 0.5) is 0 Å². The summed E-state index contributed by atoms with van der Waals surface area (Å²) in [6, 6.07) is 8.38. The van der Waals surface area contributed by atoms with E-state index in [0.717, 1.165) is 4.68 Å². The Morgan fingerprint density at radius 1 is 1.26 bits per heavy atom. The molecule has 0 amide bonds. The van der Waals surface area contributed by atoms with E-state index < -0.39 is 11.9 Å². The van der Waals surface area contributed by atoms with Gasteiger partial charge in [0.05, 0.1) is 18.9 Å². The SMILES string of the molecule is O=c1oc(-c2ccco2)nn1CC(O)c1ccc2c(c1)OCO2. The van der Waals surface area contributed by atoms with Gasteiger partial charge < -0.3 is 23.4 Å². The van der Waals surface area contributed by atoms with Gasteiger partial charge in [0.1, 0.15) is 0 Å². The second-order valence-electron chi connectivity index (χ2n) is 4.96. The van der Waals surface area contributed by atoms with Crippen LogP contribution in [-0.2, 0) is 6.54 Å². The molecule has 3 aromatic rings. The molecule has 1 atom stereocenters. The molecule has 0 radical (unpaired) electrons. The maximum absolute atomic E-state index is 11.8. The van der Waals surface area contributed by atoms with Gasteiger partial charge in [-0.3, -0.25) is 0 Å². The van der Waals surface area contributed by atoms with Gasteiger partial charge in [-0.25, -0.2) is 4.79 Å². The summed E-state index contributed by atoms with van der Waals surface area (Å²) in [7, 11) is 0. The third-order valence-electron chi connectivity index (χ3n) is 3.47. The van der Waals surface area contributed by atoms with Crippen molar-refractivity contribution in [2.24, 2.45) is 0 Å². The molecule has 0 spiro atoms. The summed E-state index contributed by atoms with van der Waals surface area (Å²) in [5.74, 6) is 0.928. The number of nitrogens with zero attached hydrogens (tertiary/aromatic N) is 2. The zero-order valence-electron chi connectivity index (χ0n) is 11.8. The van der Waals surface area contributed by atoms with Crippen LogP contribution < -0.4 is 15.2 Å². The molecule has 1 aromatic carbocycles. The van der Waals surface area contributed by atoms with Crippen LogP contribution in [0.1, 0.15) is 11.7 Å². The fourth-order valence-corrected chi connectivity index (χ4v) is 2.31. The molecule has 8 nitrogen and oxygen atoms in total. The van der Waals surface area contributed by atoms with Gasteiger partial charge in [0.15, 0.2) is 17.3 Å². The van der Waals surface area contributed by atoms with Crippen molar-refractivity contribution in [1.29, 1.82) is 0 Å². The molecule has 0 fully saturated rings. The van der Waals surface area contributed by atoms with Crippen molar-refractivity contribution in [1.82, 2.24) is 9.78 Å². The number of furan rings is 1. The first-order valence-corrected chi connectivity index (χ1v) is 6.90. The standard InChI is InChI=1S/C15H12N2O6/c18-10(9-3-4-11-13(6-9)22-8-21-11)7-17-15(19)23-14(16-17)12-2-1-5-20-12/h1-6,10,18H,7-8H2. The van der Waals surface area contributed by atoms with Crippen molar-refractivity contribution in [3.05, 3.63) is 52.7 Å². The van der Waals surface area contributed by atoms with Crippen LogP contribution in [-0.4, -0.2) is 21.7 Å². The third-order valence-corrected chi connectivity index (χ3v) is 3.47. The predicted octanol–water partition coefficient (Wildman–Crippen LogP) is 1.56. The number of hydrogen-bond donors (Lipinski definition) is 1. The molecular weight excluding hydrogens is 304 g/mol. The number of hydrogen-bond acceptors (Lipinski definition) is 7. The van der Waals surface area contributed by atoms with E-state index in [-0.39, 0.29) is 19.2 Å². The molecule has 2 aromatic heterocycles. The zero-order chi connectivity index (χ0) is 15.8. The molecule has 23 heavy (non-hydrogen) atoms. The zero-order valence-corrected chi connectivity index (χ0v) is 11.8. The number of aliphatic hydroxyl groups is 1. The summed E-state index contributed by atoms with van der Waals surface area (Å²) in [4.78, 5) is 11.8. The predicted molar refractivity (Wildman–Crippen MR) is 76.0 cm³/mol. The molecular formula is C15H12N2O6. The van der Waals surface area contributed by atoms with Gasteiger partial charge in [-0.15, -0.1) is 5.10 Å². The normalized spacial score (nSPS) is 14.1. The molecule has 1 N–H and O–H groups in total. The fraction of sp³-hybridized carbons (Fsp3) is 0.200. The lowest BCUT2D eigenvalue weighted by Crippen LogP contribution is -2.20. The summed E-state index contributed by atoms with van der Waals surface area (Å²) in [6.07, 6.45) is 0.507. The average Bonchev–Trinajstić information content (AvgIpc) is 3.27. The van der Waals surface area contributed by atoms with Gasteiger partial charge >= 0.3 is 5.76 Å². The van der Waals surface area contributed by atoms with Gasteiger partial charge in [-0.05, 0) is 29.8 Å². The Balaban J connectivity index is 1.57. The van der Waals surface area contributed by atoms with E-state index >= 15 is 0 Å². The van der Waals surface area contributed by atoms with Crippen molar-refractivity contribution >= 4 is 0 Å². The smallest absolute Gasteiger partial charge is 0.437 e. The van der Waals surface area contributed by atoms with Crippen molar-refractivity contribution < 1.29 is 23.4 Å². The first-order chi connectivity index (χ1) is 11.2. The lowest BCUT2D eigenvalue weighted by molar-refractivity contribution is 0.147. The number of benzene rings is 1. The fourth-order valence-electron chi connectivity index (χ4n) is 2.31. The minimum atomic E-state index is -0.947. The molecule has 0 bridgehead atoms. The summed E-state index contributed by atoms with van der Waals surface area (Å²) in [6.45, 7) is 0.104. The van der Waals surface area contributed by atoms with Crippen LogP contribution in [0.2, 0.25) is 0 Å². The van der Waals surface area contributed by atoms with Crippen molar-refractivity contribution in [3.8, 4) is 23.1 Å². The second kappa shape index (κ2) is 5.33. The van der Waals surface area contributed by atoms with Crippen LogP contribution in [0.5, 0.6) is 11.5 Å². The number of ether oxygens (including phenoxy) is 2. The maximum Gasteiger partial charge on any atom is 0.437 e. The Morgan fingerprint density at radius 2 is 2.13 bits per heavy atom. The first kappa shape index (κ1) is 13.6. The highest BCUT2D eigenvalue weighted by atomic mass is 16.7. The molecule has 8 heteroatoms. The molecule has 0 aliphatic carbocycles. The number of rotatable bonds is 4. The first-order valence-electron chi connectivity index (χ1n) is 6.90. The van der Waals surface area contributed by atoms with E-state index in [0.29, 0.717) is 22.8 Å². The van der Waals surface area contributed by atoms with E-state index in [4.69, 9.17) is 18.3 Å². The second-order valence-corrected chi connectivity index (χ2v) is 4.96. The highest BCUT2D eigenvalue weighted by Crippen LogP contribution is 2.34. The Bertz CT molecular complexity index is 880. The molecule has 4 rings (SSSR count). The van der Waals surface area contributed by atoms with Gasteiger partial charge in [0.2, 0.25) is 6.79 Å². The largest absolute Gasteiger partial charge is 0.459 e. The lowest BCUT2D eigenvalue weighted by Gasteiger charge is -2.10. The van der Waals surface area contributed by atoms with Crippen molar-refractivity contribution in [3.63, 3.8) is 0 Å². The Labute approximate surface area is 129 Å². The maximum atomic E-state index is 11.8. The van der Waals surface area contributed by atoms with E-state index in [1.807, 2.05) is 0 Å². The topological polar surface area (TPSA) is 99.9 Å². The van der Waals surface area contributed by atoms with Crippen LogP contribution in [0.25, 0.3) is 11.7 Å². The Hall–Kier alpha value is -3.00. The van der Waals surface area contributed by atoms with E-state index in [1.54, 1.807) is 30.3 Å². The summed E-state index contributed by atoms with van der Waals surface area (Å²) < 4.78 is 21.7. The highest BCUT2D eigenvalue weighted by Gasteiger charge is 2.19. The molecule has 1 aliphatic heterocycles. The number of aliphatic hydroxyl groups excluding tert-OH is 1. The van der Waals surface area contributed by atoms with E-state index in [9.17, 15) is 9.90 Å². The summed E-state index contributed by atoms with van der Waals surface area (Å²) in [5.41, 5.74) is 0.587. The monoisotopic (exact) mass is 316 g/mol. The molecule has 1 aliphatic rings. The van der Waals surface area contributed by atoms with Crippen LogP contribution in [0.15, 0.2) is 50.2 Å². The molecule has 1 unspecified atom stereocenters. The van der Waals surface area contributed by atoms with E-state index in [2.05, 4.69) is 5.10 Å². The van der Waals surface area contributed by atoms with Crippen LogP contribution in [0.3, 0.4) is 0 Å². The minimum absolute atomic E-state index is 0.0529. The van der Waals surface area contributed by atoms with Crippen LogP contribution >= 0.6 is 0 Å². The molecule has 118 valence electrons. The van der Waals surface area contributed by atoms with Gasteiger partial charge in [0, 0.05) is 0 Å². The molecule has 0 saturated carbocycles. The lowest BCUT2D eigenvalue weighted by atomic mass is 10.1. The third kappa shape index (κ3) is 2.49. The number of fused-ring (bicyclic) bond motifs is 1. The summed E-state index contributed by atoms with van der Waals surface area (Å²) in [5, 5.41) is 14.3. The molecule has 0 saturated heterocycles. The quantitative estimate of drug-likeness (QED) is 0.779. The van der Waals surface area contributed by atoms with Crippen molar-refractivity contribution in [2.45, 2.75) is 12.6 Å². The highest BCUT2D eigenvalue weighted by molar-refractivity contribution is 5.45. The van der Waals surface area contributed by atoms with Gasteiger partial charge in [-0.1, -0.05) is 6.07 Å². The van der Waals surface area contributed by atoms with Gasteiger partial charge in [-0.2, -0.15) is 4.68 Å². The summed E-state index contributed by atoms with van der Waals surface area (Å²) >= 11 is 0. The number of aromatic nitrogens is 2. The Kier molecular flexibility index (Phi) is 3.16.